The second-order valence-corrected chi connectivity index (χ2v) is 7.44. The molecule has 1 N–H and O–H groups in total. The summed E-state index contributed by atoms with van der Waals surface area (Å²) in [5, 5.41) is 3.07. The van der Waals surface area contributed by atoms with Crippen molar-refractivity contribution < 1.29 is 14.3 Å². The molecule has 2 saturated heterocycles. The monoisotopic (exact) mass is 385 g/mol. The third kappa shape index (κ3) is 6.46. The Bertz CT molecular complexity index is 648. The van der Waals surface area contributed by atoms with Crippen molar-refractivity contribution in [3.05, 3.63) is 42.0 Å². The van der Waals surface area contributed by atoms with Crippen LogP contribution in [0.25, 0.3) is 6.08 Å². The van der Waals surface area contributed by atoms with Crippen LogP contribution in [-0.4, -0.2) is 74.1 Å². The number of morpholine rings is 1. The molecule has 1 aromatic carbocycles. The minimum Gasteiger partial charge on any atom is -0.379 e. The van der Waals surface area contributed by atoms with Crippen molar-refractivity contribution >= 4 is 17.9 Å². The van der Waals surface area contributed by atoms with Crippen LogP contribution in [0.5, 0.6) is 0 Å². The Labute approximate surface area is 167 Å². The van der Waals surface area contributed by atoms with Gasteiger partial charge in [-0.2, -0.15) is 0 Å². The van der Waals surface area contributed by atoms with Crippen LogP contribution in [0.15, 0.2) is 36.4 Å². The summed E-state index contributed by atoms with van der Waals surface area (Å²) < 4.78 is 5.34. The van der Waals surface area contributed by atoms with E-state index in [-0.39, 0.29) is 17.7 Å². The van der Waals surface area contributed by atoms with Crippen molar-refractivity contribution in [3.8, 4) is 0 Å². The van der Waals surface area contributed by atoms with Gasteiger partial charge in [0.05, 0.1) is 13.2 Å². The van der Waals surface area contributed by atoms with Crippen molar-refractivity contribution in [3.63, 3.8) is 0 Å². The molecule has 3 rings (SSSR count). The number of hydrogen-bond donors (Lipinski definition) is 1. The van der Waals surface area contributed by atoms with Crippen molar-refractivity contribution in [2.24, 2.45) is 5.92 Å². The number of nitrogens with zero attached hydrogens (tertiary/aromatic N) is 2. The molecule has 2 heterocycles. The number of benzene rings is 1. The van der Waals surface area contributed by atoms with Gasteiger partial charge in [0.25, 0.3) is 0 Å². The van der Waals surface area contributed by atoms with E-state index in [0.29, 0.717) is 13.1 Å². The van der Waals surface area contributed by atoms with Crippen LogP contribution in [0.2, 0.25) is 0 Å². The quantitative estimate of drug-likeness (QED) is 0.574. The highest BCUT2D eigenvalue weighted by molar-refractivity contribution is 5.92. The first-order valence-corrected chi connectivity index (χ1v) is 10.3. The van der Waals surface area contributed by atoms with Crippen LogP contribution in [0.1, 0.15) is 24.8 Å². The van der Waals surface area contributed by atoms with Gasteiger partial charge in [-0.15, -0.1) is 0 Å². The van der Waals surface area contributed by atoms with Crippen molar-refractivity contribution in [1.29, 1.82) is 0 Å². The summed E-state index contributed by atoms with van der Waals surface area (Å²) in [5.74, 6) is 0.174. The summed E-state index contributed by atoms with van der Waals surface area (Å²) in [6.07, 6.45) is 5.91. The van der Waals surface area contributed by atoms with E-state index in [9.17, 15) is 9.59 Å². The number of ether oxygens (including phenoxy) is 1. The van der Waals surface area contributed by atoms with Gasteiger partial charge in [0.1, 0.15) is 0 Å². The Morgan fingerprint density at radius 1 is 1.07 bits per heavy atom. The van der Waals surface area contributed by atoms with Crippen LogP contribution in [-0.2, 0) is 14.3 Å². The Balaban J connectivity index is 1.32. The zero-order valence-electron chi connectivity index (χ0n) is 16.5. The summed E-state index contributed by atoms with van der Waals surface area (Å²) in [6, 6.07) is 9.81. The molecule has 6 heteroatoms. The molecular weight excluding hydrogens is 354 g/mol. The van der Waals surface area contributed by atoms with Gasteiger partial charge in [-0.1, -0.05) is 30.3 Å². The maximum Gasteiger partial charge on any atom is 0.246 e. The molecule has 0 bridgehead atoms. The third-order valence-corrected chi connectivity index (χ3v) is 5.45. The first kappa shape index (κ1) is 20.6. The second kappa shape index (κ2) is 11.0. The SMILES string of the molecule is O=C(NCCCN1CCOCC1)C1CCN(C(=O)/C=C/c2ccccc2)CC1. The van der Waals surface area contributed by atoms with E-state index < -0.39 is 0 Å². The molecule has 28 heavy (non-hydrogen) atoms. The zero-order valence-corrected chi connectivity index (χ0v) is 16.5. The van der Waals surface area contributed by atoms with Gasteiger partial charge in [-0.25, -0.2) is 0 Å². The molecule has 0 aromatic heterocycles. The minimum atomic E-state index is 0.0190. The van der Waals surface area contributed by atoms with Crippen LogP contribution < -0.4 is 5.32 Å². The fourth-order valence-electron chi connectivity index (χ4n) is 3.68. The van der Waals surface area contributed by atoms with Crippen LogP contribution in [0.4, 0.5) is 0 Å². The zero-order chi connectivity index (χ0) is 19.6. The average molecular weight is 386 g/mol. The Morgan fingerprint density at radius 2 is 1.79 bits per heavy atom. The van der Waals surface area contributed by atoms with E-state index in [4.69, 9.17) is 4.74 Å². The summed E-state index contributed by atoms with van der Waals surface area (Å²) in [6.45, 7) is 6.60. The molecule has 152 valence electrons. The average Bonchev–Trinajstić information content (AvgIpc) is 2.76. The van der Waals surface area contributed by atoms with Gasteiger partial charge < -0.3 is 15.0 Å². The van der Waals surface area contributed by atoms with Crippen molar-refractivity contribution in [1.82, 2.24) is 15.1 Å². The highest BCUT2D eigenvalue weighted by Crippen LogP contribution is 2.18. The molecule has 2 aliphatic heterocycles. The smallest absolute Gasteiger partial charge is 0.246 e. The molecule has 0 saturated carbocycles. The van der Waals surface area contributed by atoms with Gasteiger partial charge >= 0.3 is 0 Å². The van der Waals surface area contributed by atoms with Gasteiger partial charge in [-0.3, -0.25) is 14.5 Å². The Hall–Kier alpha value is -2.18. The second-order valence-electron chi connectivity index (χ2n) is 7.44. The number of carbonyl (C=O) groups is 2. The van der Waals surface area contributed by atoms with Crippen molar-refractivity contribution in [2.75, 3.05) is 52.5 Å². The lowest BCUT2D eigenvalue weighted by molar-refractivity contribution is -0.132. The third-order valence-electron chi connectivity index (χ3n) is 5.45. The predicted molar refractivity (Wildman–Crippen MR) is 110 cm³/mol. The first-order chi connectivity index (χ1) is 13.7. The Morgan fingerprint density at radius 3 is 2.50 bits per heavy atom. The molecule has 0 atom stereocenters. The molecule has 0 unspecified atom stereocenters. The van der Waals surface area contributed by atoms with Crippen molar-refractivity contribution in [2.45, 2.75) is 19.3 Å². The number of amides is 2. The molecular formula is C22H31N3O3. The van der Waals surface area contributed by atoms with E-state index in [2.05, 4.69) is 10.2 Å². The summed E-state index contributed by atoms with van der Waals surface area (Å²) in [5.41, 5.74) is 1.02. The number of rotatable bonds is 7. The highest BCUT2D eigenvalue weighted by Gasteiger charge is 2.26. The highest BCUT2D eigenvalue weighted by atomic mass is 16.5. The van der Waals surface area contributed by atoms with Gasteiger partial charge in [0.15, 0.2) is 0 Å². The van der Waals surface area contributed by atoms with Crippen LogP contribution in [0.3, 0.4) is 0 Å². The van der Waals surface area contributed by atoms with E-state index >= 15 is 0 Å². The topological polar surface area (TPSA) is 61.9 Å². The van der Waals surface area contributed by atoms with E-state index in [1.54, 1.807) is 6.08 Å². The number of carbonyl (C=O) groups excluding carboxylic acids is 2. The lowest BCUT2D eigenvalue weighted by Crippen LogP contribution is -2.43. The maximum atomic E-state index is 12.4. The van der Waals surface area contributed by atoms with Gasteiger partial charge in [0.2, 0.25) is 11.8 Å². The van der Waals surface area contributed by atoms with Gasteiger partial charge in [-0.05, 0) is 37.4 Å². The van der Waals surface area contributed by atoms with E-state index in [0.717, 1.165) is 64.2 Å². The lowest BCUT2D eigenvalue weighted by Gasteiger charge is -2.31. The number of likely N-dealkylation sites (tertiary alicyclic amines) is 1. The fourth-order valence-corrected chi connectivity index (χ4v) is 3.68. The summed E-state index contributed by atoms with van der Waals surface area (Å²) in [7, 11) is 0. The summed E-state index contributed by atoms with van der Waals surface area (Å²) in [4.78, 5) is 28.9. The Kier molecular flexibility index (Phi) is 8.06. The molecule has 0 radical (unpaired) electrons. The molecule has 2 fully saturated rings. The molecule has 2 aliphatic rings. The predicted octanol–water partition coefficient (Wildman–Crippen LogP) is 1.78. The van der Waals surface area contributed by atoms with E-state index in [1.165, 1.54) is 0 Å². The molecule has 0 spiro atoms. The van der Waals surface area contributed by atoms with Gasteiger partial charge in [0, 0.05) is 44.7 Å². The standard InChI is InChI=1S/C22H31N3O3/c26-21(8-7-19-5-2-1-3-6-19)25-13-9-20(10-14-25)22(27)23-11-4-12-24-15-17-28-18-16-24/h1-3,5-8,20H,4,9-18H2,(H,23,27)/b8-7+. The van der Waals surface area contributed by atoms with Crippen LogP contribution >= 0.6 is 0 Å². The normalized spacial score (nSPS) is 19.1. The van der Waals surface area contributed by atoms with E-state index in [1.807, 2.05) is 41.3 Å². The number of hydrogen-bond acceptors (Lipinski definition) is 4. The molecule has 0 aliphatic carbocycles. The lowest BCUT2D eigenvalue weighted by atomic mass is 9.95. The molecule has 1 aromatic rings. The van der Waals surface area contributed by atoms with Crippen LogP contribution in [0, 0.1) is 5.92 Å². The number of nitrogens with one attached hydrogen (secondary N) is 1. The fraction of sp³-hybridized carbons (Fsp3) is 0.545. The largest absolute Gasteiger partial charge is 0.379 e. The first-order valence-electron chi connectivity index (χ1n) is 10.3. The maximum absolute atomic E-state index is 12.4. The minimum absolute atomic E-state index is 0.0190. The molecule has 6 nitrogen and oxygen atoms in total. The molecule has 2 amide bonds. The number of piperidine rings is 1. The summed E-state index contributed by atoms with van der Waals surface area (Å²) >= 11 is 0.